The summed E-state index contributed by atoms with van der Waals surface area (Å²) in [5.74, 6) is 0. The maximum atomic E-state index is 4.99. The van der Waals surface area contributed by atoms with Crippen LogP contribution in [0, 0.1) is 5.41 Å². The molecule has 212 valence electrons. The third-order valence-electron chi connectivity index (χ3n) is 10.2. The Morgan fingerprint density at radius 2 is 1.69 bits per heavy atom. The number of aromatic nitrogens is 3. The fourth-order valence-corrected chi connectivity index (χ4v) is 8.03. The van der Waals surface area contributed by atoms with Crippen LogP contribution in [0.5, 0.6) is 0 Å². The van der Waals surface area contributed by atoms with Crippen molar-refractivity contribution in [3.05, 3.63) is 114 Å². The number of para-hydroxylation sites is 1. The van der Waals surface area contributed by atoms with Gasteiger partial charge in [0, 0.05) is 37.4 Å². The van der Waals surface area contributed by atoms with Crippen molar-refractivity contribution < 1.29 is 9.13 Å². The normalized spacial score (nSPS) is 23.1. The van der Waals surface area contributed by atoms with Gasteiger partial charge in [-0.25, -0.2) is 4.57 Å². The van der Waals surface area contributed by atoms with Gasteiger partial charge >= 0.3 is 0 Å². The molecule has 0 saturated heterocycles. The van der Waals surface area contributed by atoms with Crippen molar-refractivity contribution in [1.82, 2.24) is 9.88 Å². The summed E-state index contributed by atoms with van der Waals surface area (Å²) in [5, 5.41) is 1.21. The lowest BCUT2D eigenvalue weighted by atomic mass is 9.50. The molecule has 4 aromatic rings. The van der Waals surface area contributed by atoms with Crippen LogP contribution in [0.15, 0.2) is 103 Å². The highest BCUT2D eigenvalue weighted by Gasteiger charge is 2.71. The highest BCUT2D eigenvalue weighted by molar-refractivity contribution is 5.93. The molecule has 4 heterocycles. The van der Waals surface area contributed by atoms with E-state index < -0.39 is 0 Å². The summed E-state index contributed by atoms with van der Waals surface area (Å²) in [6.45, 7) is 12.7. The smallest absolute Gasteiger partial charge is 0.288 e. The number of hydrogen-bond donors (Lipinski definition) is 0. The molecular formula is C38H42N4+2. The fraction of sp³-hybridized carbons (Fsp3) is 0.342. The Labute approximate surface area is 250 Å². The van der Waals surface area contributed by atoms with Crippen LogP contribution in [0.1, 0.15) is 65.1 Å². The highest BCUT2D eigenvalue weighted by atomic mass is 15.2. The molecule has 0 radical (unpaired) electrons. The van der Waals surface area contributed by atoms with Crippen molar-refractivity contribution in [3.8, 4) is 11.3 Å². The van der Waals surface area contributed by atoms with Crippen molar-refractivity contribution in [2.75, 3.05) is 13.6 Å². The first kappa shape index (κ1) is 26.8. The van der Waals surface area contributed by atoms with Gasteiger partial charge in [-0.05, 0) is 65.1 Å². The van der Waals surface area contributed by atoms with Crippen LogP contribution in [-0.4, -0.2) is 23.5 Å². The Morgan fingerprint density at radius 3 is 2.48 bits per heavy atom. The molecule has 0 amide bonds. The summed E-state index contributed by atoms with van der Waals surface area (Å²) in [6.07, 6.45) is 14.8. The van der Waals surface area contributed by atoms with Crippen LogP contribution in [0.4, 0.5) is 0 Å². The van der Waals surface area contributed by atoms with Gasteiger partial charge < -0.3 is 4.90 Å². The van der Waals surface area contributed by atoms with E-state index >= 15 is 0 Å². The van der Waals surface area contributed by atoms with Gasteiger partial charge in [0.15, 0.2) is 17.3 Å². The van der Waals surface area contributed by atoms with Gasteiger partial charge in [0.1, 0.15) is 16.8 Å². The summed E-state index contributed by atoms with van der Waals surface area (Å²) in [4.78, 5) is 7.42. The van der Waals surface area contributed by atoms with E-state index in [2.05, 4.69) is 153 Å². The second-order valence-corrected chi connectivity index (χ2v) is 13.2. The third-order valence-corrected chi connectivity index (χ3v) is 10.2. The molecule has 2 aromatic heterocycles. The van der Waals surface area contributed by atoms with Crippen LogP contribution in [-0.2, 0) is 11.0 Å². The quantitative estimate of drug-likeness (QED) is 0.245. The van der Waals surface area contributed by atoms with Crippen LogP contribution < -0.4 is 9.13 Å². The van der Waals surface area contributed by atoms with Crippen LogP contribution in [0.3, 0.4) is 0 Å². The Balaban J connectivity index is 1.51. The third kappa shape index (κ3) is 3.50. The molecule has 7 rings (SSSR count). The second-order valence-electron chi connectivity index (χ2n) is 13.2. The van der Waals surface area contributed by atoms with Crippen molar-refractivity contribution in [3.63, 3.8) is 0 Å². The minimum absolute atomic E-state index is 0.0895. The average Bonchev–Trinajstić information content (AvgIpc) is 3.19. The number of allylic oxidation sites excluding steroid dienone is 4. The number of benzene rings is 2. The fourth-order valence-electron chi connectivity index (χ4n) is 8.03. The molecule has 0 saturated carbocycles. The number of hydrogen-bond acceptors (Lipinski definition) is 2. The average molecular weight is 555 g/mol. The zero-order valence-corrected chi connectivity index (χ0v) is 25.9. The zero-order valence-electron chi connectivity index (χ0n) is 25.9. The van der Waals surface area contributed by atoms with Gasteiger partial charge in [0.2, 0.25) is 11.4 Å². The lowest BCUT2D eigenvalue weighted by Gasteiger charge is -2.55. The summed E-state index contributed by atoms with van der Waals surface area (Å²) in [6, 6.07) is 24.4. The summed E-state index contributed by atoms with van der Waals surface area (Å²) < 4.78 is 4.99. The summed E-state index contributed by atoms with van der Waals surface area (Å²) in [5.41, 5.74) is 10.0. The predicted molar refractivity (Wildman–Crippen MR) is 171 cm³/mol. The van der Waals surface area contributed by atoms with Crippen molar-refractivity contribution >= 4 is 22.3 Å². The molecule has 0 N–H and O–H groups in total. The van der Waals surface area contributed by atoms with Crippen molar-refractivity contribution in [2.45, 2.75) is 64.8 Å². The molecule has 42 heavy (non-hydrogen) atoms. The van der Waals surface area contributed by atoms with Gasteiger partial charge in [-0.2, -0.15) is 4.57 Å². The summed E-state index contributed by atoms with van der Waals surface area (Å²) in [7, 11) is 2.24. The van der Waals surface area contributed by atoms with Gasteiger partial charge in [-0.3, -0.25) is 0 Å². The first-order valence-electron chi connectivity index (χ1n) is 15.5. The molecule has 2 aliphatic heterocycles. The Kier molecular flexibility index (Phi) is 6.06. The molecule has 2 atom stereocenters. The van der Waals surface area contributed by atoms with Gasteiger partial charge in [-0.1, -0.05) is 77.1 Å². The number of fused-ring (bicyclic) bond motifs is 8. The zero-order chi connectivity index (χ0) is 29.3. The van der Waals surface area contributed by atoms with E-state index in [0.717, 1.165) is 31.3 Å². The molecule has 0 fully saturated rings. The van der Waals surface area contributed by atoms with E-state index in [0.29, 0.717) is 0 Å². The Bertz CT molecular complexity index is 1820. The molecular weight excluding hydrogens is 512 g/mol. The maximum absolute atomic E-state index is 4.99. The molecule has 0 bridgehead atoms. The van der Waals surface area contributed by atoms with Crippen molar-refractivity contribution in [2.24, 2.45) is 5.41 Å². The molecule has 4 heteroatoms. The number of rotatable bonds is 4. The molecule has 4 nitrogen and oxygen atoms in total. The SMILES string of the molecule is CCC12C([n+]3ccccc3C3=CC(C(C)(C)C)=CCCN3C)=CC1(CC)[n+]1cnc3ccccc3c1-c1ccccc12. The summed E-state index contributed by atoms with van der Waals surface area (Å²) >= 11 is 0. The van der Waals surface area contributed by atoms with Crippen molar-refractivity contribution in [1.29, 1.82) is 0 Å². The van der Waals surface area contributed by atoms with E-state index in [4.69, 9.17) is 4.98 Å². The monoisotopic (exact) mass is 554 g/mol. The van der Waals surface area contributed by atoms with E-state index in [1.807, 2.05) is 0 Å². The van der Waals surface area contributed by atoms with Gasteiger partial charge in [-0.15, -0.1) is 0 Å². The number of pyridine rings is 1. The van der Waals surface area contributed by atoms with E-state index in [1.54, 1.807) is 0 Å². The molecule has 2 unspecified atom stereocenters. The molecule has 0 spiro atoms. The predicted octanol–water partition coefficient (Wildman–Crippen LogP) is 7.45. The number of nitrogens with zero attached hydrogens (tertiary/aromatic N) is 4. The first-order chi connectivity index (χ1) is 20.3. The van der Waals surface area contributed by atoms with E-state index in [-0.39, 0.29) is 16.4 Å². The lowest BCUT2D eigenvalue weighted by Crippen LogP contribution is -2.77. The standard InChI is InChI=1S/C38H42N4/c1-7-37-25-34(41-23-14-13-21-32(41)33-24-27(36(3,4)5)16-15-22-40(33)6)38(37,8-2)30-19-11-9-17-28(30)35-29-18-10-12-20-31(29)39-26-42(35)37/h9-14,16-21,23-26H,7-8,15,22H2,1-6H3/q+2. The molecule has 2 aromatic carbocycles. The van der Waals surface area contributed by atoms with E-state index in [9.17, 15) is 0 Å². The lowest BCUT2D eigenvalue weighted by molar-refractivity contribution is -0.767. The van der Waals surface area contributed by atoms with Crippen LogP contribution in [0.2, 0.25) is 0 Å². The first-order valence-corrected chi connectivity index (χ1v) is 15.5. The Hall–Kier alpha value is -4.05. The van der Waals surface area contributed by atoms with E-state index in [1.165, 1.54) is 44.9 Å². The Morgan fingerprint density at radius 1 is 0.929 bits per heavy atom. The highest BCUT2D eigenvalue weighted by Crippen LogP contribution is 2.61. The minimum Gasteiger partial charge on any atom is -0.369 e. The topological polar surface area (TPSA) is 23.9 Å². The van der Waals surface area contributed by atoms with Gasteiger partial charge in [0.05, 0.1) is 5.39 Å². The van der Waals surface area contributed by atoms with Gasteiger partial charge in [0.25, 0.3) is 6.33 Å². The molecule has 3 aliphatic rings. The largest absolute Gasteiger partial charge is 0.369 e. The second kappa shape index (κ2) is 9.49. The van der Waals surface area contributed by atoms with Crippen LogP contribution >= 0.6 is 0 Å². The van der Waals surface area contributed by atoms with Crippen LogP contribution in [0.25, 0.3) is 33.6 Å². The minimum atomic E-state index is -0.210. The maximum Gasteiger partial charge on any atom is 0.288 e. The molecule has 1 aliphatic carbocycles.